The van der Waals surface area contributed by atoms with Crippen LogP contribution < -0.4 is 0 Å². The highest BCUT2D eigenvalue weighted by molar-refractivity contribution is 14.1. The van der Waals surface area contributed by atoms with Crippen LogP contribution in [0.4, 0.5) is 4.79 Å². The van der Waals surface area contributed by atoms with E-state index < -0.39 is 5.60 Å². The fourth-order valence-corrected chi connectivity index (χ4v) is 5.59. The molecule has 2 aromatic rings. The molecule has 1 unspecified atom stereocenters. The molecule has 170 valence electrons. The number of rotatable bonds is 3. The van der Waals surface area contributed by atoms with E-state index in [-0.39, 0.29) is 12.0 Å². The van der Waals surface area contributed by atoms with Crippen LogP contribution in [-0.2, 0) is 4.74 Å². The van der Waals surface area contributed by atoms with Gasteiger partial charge in [0.2, 0.25) is 0 Å². The van der Waals surface area contributed by atoms with Gasteiger partial charge in [-0.2, -0.15) is 0 Å². The molecule has 6 heteroatoms. The third kappa shape index (κ3) is 5.14. The van der Waals surface area contributed by atoms with Gasteiger partial charge in [0.15, 0.2) is 0 Å². The Labute approximate surface area is 209 Å². The molecule has 2 heterocycles. The van der Waals surface area contributed by atoms with E-state index in [4.69, 9.17) is 21.3 Å². The summed E-state index contributed by atoms with van der Waals surface area (Å²) in [4.78, 5) is 19.3. The van der Waals surface area contributed by atoms with Gasteiger partial charge >= 0.3 is 6.09 Å². The Morgan fingerprint density at radius 3 is 2.69 bits per heavy atom. The predicted octanol–water partition coefficient (Wildman–Crippen LogP) is 7.19. The van der Waals surface area contributed by atoms with Gasteiger partial charge in [0, 0.05) is 34.7 Å². The van der Waals surface area contributed by atoms with Crippen LogP contribution in [0.1, 0.15) is 68.3 Å². The minimum atomic E-state index is -0.475. The van der Waals surface area contributed by atoms with E-state index in [0.717, 1.165) is 34.4 Å². The molecule has 1 amide bonds. The zero-order valence-electron chi connectivity index (χ0n) is 18.9. The number of hydrogen-bond acceptors (Lipinski definition) is 3. The van der Waals surface area contributed by atoms with E-state index in [1.807, 2.05) is 44.0 Å². The highest BCUT2D eigenvalue weighted by atomic mass is 127. The number of ether oxygens (including phenoxy) is 1. The van der Waals surface area contributed by atoms with E-state index >= 15 is 0 Å². The van der Waals surface area contributed by atoms with Gasteiger partial charge in [-0.05, 0) is 86.4 Å². The first-order chi connectivity index (χ1) is 15.3. The van der Waals surface area contributed by atoms with E-state index in [9.17, 15) is 4.79 Å². The number of aromatic nitrogens is 1. The number of nitrogens with zero attached hydrogens (tertiary/aromatic N) is 2. The quantitative estimate of drug-likeness (QED) is 0.293. The maximum absolute atomic E-state index is 12.6. The molecule has 1 aliphatic carbocycles. The number of benzene rings is 1. The van der Waals surface area contributed by atoms with Crippen molar-refractivity contribution in [3.05, 3.63) is 63.9 Å². The van der Waals surface area contributed by atoms with E-state index in [1.165, 1.54) is 22.3 Å². The number of piperidine rings is 1. The molecule has 2 aliphatic rings. The Hall–Kier alpha value is -1.60. The molecular weight excluding hydrogens is 535 g/mol. The van der Waals surface area contributed by atoms with Crippen molar-refractivity contribution in [2.75, 3.05) is 17.5 Å². The Balaban J connectivity index is 1.67. The lowest BCUT2D eigenvalue weighted by molar-refractivity contribution is 0.0178. The van der Waals surface area contributed by atoms with Crippen molar-refractivity contribution in [2.45, 2.75) is 51.6 Å². The van der Waals surface area contributed by atoms with Gasteiger partial charge in [-0.25, -0.2) is 4.79 Å². The van der Waals surface area contributed by atoms with Crippen molar-refractivity contribution in [3.8, 4) is 0 Å². The standard InChI is InChI=1S/C26H30ClIN2O2/c1-26(2,3)32-25(31)30-13-9-17(10-14-30)23-21-7-6-20(27)16-19(21)15-18(8-11-28)22-5-4-12-29-24(22)23/h4-7,12,15-17,23H,8-11,13-14H2,1-3H3. The van der Waals surface area contributed by atoms with Gasteiger partial charge in [0.05, 0.1) is 5.69 Å². The number of allylic oxidation sites excluding steroid dienone is 1. The van der Waals surface area contributed by atoms with Crippen LogP contribution in [0, 0.1) is 5.92 Å². The number of alkyl halides is 1. The Bertz CT molecular complexity index is 1020. The summed E-state index contributed by atoms with van der Waals surface area (Å²) < 4.78 is 6.64. The Kier molecular flexibility index (Phi) is 7.15. The van der Waals surface area contributed by atoms with Crippen molar-refractivity contribution >= 4 is 51.9 Å². The topological polar surface area (TPSA) is 42.4 Å². The lowest BCUT2D eigenvalue weighted by Gasteiger charge is -2.37. The fraction of sp³-hybridized carbons (Fsp3) is 0.462. The summed E-state index contributed by atoms with van der Waals surface area (Å²) in [5.41, 5.74) is 5.72. The van der Waals surface area contributed by atoms with Crippen molar-refractivity contribution in [1.82, 2.24) is 9.88 Å². The second-order valence-corrected chi connectivity index (χ2v) is 11.1. The average molecular weight is 565 g/mol. The first-order valence-electron chi connectivity index (χ1n) is 11.3. The summed E-state index contributed by atoms with van der Waals surface area (Å²) >= 11 is 8.84. The lowest BCUT2D eigenvalue weighted by atomic mass is 9.76. The molecule has 1 aromatic heterocycles. The lowest BCUT2D eigenvalue weighted by Crippen LogP contribution is -2.42. The van der Waals surface area contributed by atoms with Crippen LogP contribution >= 0.6 is 34.2 Å². The fourth-order valence-electron chi connectivity index (χ4n) is 4.83. The molecule has 0 radical (unpaired) electrons. The molecule has 0 bridgehead atoms. The van der Waals surface area contributed by atoms with Crippen molar-refractivity contribution < 1.29 is 9.53 Å². The first kappa shape index (κ1) is 23.6. The van der Waals surface area contributed by atoms with E-state index in [0.29, 0.717) is 19.0 Å². The van der Waals surface area contributed by atoms with E-state index in [2.05, 4.69) is 46.9 Å². The highest BCUT2D eigenvalue weighted by Gasteiger charge is 2.36. The minimum absolute atomic E-state index is 0.183. The zero-order valence-corrected chi connectivity index (χ0v) is 21.8. The largest absolute Gasteiger partial charge is 0.444 e. The second-order valence-electron chi connectivity index (χ2n) is 9.60. The summed E-state index contributed by atoms with van der Waals surface area (Å²) in [5.74, 6) is 0.580. The van der Waals surface area contributed by atoms with Crippen LogP contribution in [0.3, 0.4) is 0 Å². The smallest absolute Gasteiger partial charge is 0.410 e. The average Bonchev–Trinajstić information content (AvgIpc) is 2.87. The maximum Gasteiger partial charge on any atom is 0.410 e. The predicted molar refractivity (Wildman–Crippen MR) is 139 cm³/mol. The summed E-state index contributed by atoms with van der Waals surface area (Å²) in [6.45, 7) is 7.14. The molecule has 1 aromatic carbocycles. The van der Waals surface area contributed by atoms with Crippen LogP contribution in [-0.4, -0.2) is 39.1 Å². The number of fused-ring (bicyclic) bond motifs is 2. The number of carbonyl (C=O) groups is 1. The van der Waals surface area contributed by atoms with Gasteiger partial charge in [0.1, 0.15) is 5.60 Å². The molecule has 1 aliphatic heterocycles. The molecule has 0 N–H and O–H groups in total. The van der Waals surface area contributed by atoms with Gasteiger partial charge in [0.25, 0.3) is 0 Å². The number of carbonyl (C=O) groups excluding carboxylic acids is 1. The Morgan fingerprint density at radius 1 is 1.25 bits per heavy atom. The van der Waals surface area contributed by atoms with Gasteiger partial charge in [-0.15, -0.1) is 0 Å². The Morgan fingerprint density at radius 2 is 2.00 bits per heavy atom. The van der Waals surface area contributed by atoms with Crippen LogP contribution in [0.5, 0.6) is 0 Å². The number of likely N-dealkylation sites (tertiary alicyclic amines) is 1. The number of halogens is 2. The summed E-state index contributed by atoms with van der Waals surface area (Å²) in [6, 6.07) is 10.5. The molecule has 32 heavy (non-hydrogen) atoms. The number of amides is 1. The minimum Gasteiger partial charge on any atom is -0.444 e. The van der Waals surface area contributed by atoms with Gasteiger partial charge in [-0.1, -0.05) is 52.4 Å². The molecule has 1 saturated heterocycles. The molecule has 4 rings (SSSR count). The molecule has 1 atom stereocenters. The number of pyridine rings is 1. The maximum atomic E-state index is 12.6. The molecular formula is C26H30ClIN2O2. The first-order valence-corrected chi connectivity index (χ1v) is 13.2. The molecule has 4 nitrogen and oxygen atoms in total. The van der Waals surface area contributed by atoms with Crippen LogP contribution in [0.2, 0.25) is 5.02 Å². The van der Waals surface area contributed by atoms with Crippen LogP contribution in [0.15, 0.2) is 36.5 Å². The van der Waals surface area contributed by atoms with Crippen molar-refractivity contribution in [1.29, 1.82) is 0 Å². The van der Waals surface area contributed by atoms with Crippen molar-refractivity contribution in [2.24, 2.45) is 5.92 Å². The summed E-state index contributed by atoms with van der Waals surface area (Å²) in [5, 5.41) is 0.756. The van der Waals surface area contributed by atoms with E-state index in [1.54, 1.807) is 0 Å². The molecule has 0 spiro atoms. The summed E-state index contributed by atoms with van der Waals surface area (Å²) in [7, 11) is 0. The van der Waals surface area contributed by atoms with Gasteiger partial charge < -0.3 is 9.64 Å². The second kappa shape index (κ2) is 9.72. The highest BCUT2D eigenvalue weighted by Crippen LogP contribution is 2.45. The van der Waals surface area contributed by atoms with Crippen LogP contribution in [0.25, 0.3) is 11.6 Å². The number of hydrogen-bond donors (Lipinski definition) is 0. The third-order valence-corrected chi connectivity index (χ3v) is 6.99. The molecule has 1 fully saturated rings. The zero-order chi connectivity index (χ0) is 22.9. The third-order valence-electron chi connectivity index (χ3n) is 6.22. The monoisotopic (exact) mass is 564 g/mol. The van der Waals surface area contributed by atoms with Crippen molar-refractivity contribution in [3.63, 3.8) is 0 Å². The SMILES string of the molecule is CC(C)(C)OC(=O)N1CCC(C2c3ccc(Cl)cc3C=C(CCI)c3cccnc32)CC1. The molecule has 0 saturated carbocycles. The summed E-state index contributed by atoms with van der Waals surface area (Å²) in [6.07, 6.45) is 6.83. The van der Waals surface area contributed by atoms with Gasteiger partial charge in [-0.3, -0.25) is 4.98 Å². The normalized spacial score (nSPS) is 19.0.